The normalized spacial score (nSPS) is 10.9. The van der Waals surface area contributed by atoms with E-state index in [2.05, 4.69) is 71.8 Å². The summed E-state index contributed by atoms with van der Waals surface area (Å²) in [4.78, 5) is 0. The molecular weight excluding hydrogens is 263 g/mol. The van der Waals surface area contributed by atoms with Crippen LogP contribution >= 0.6 is 7.92 Å². The standard InChI is InChI=1S/C17H17N2P/c1-14-13-17(19(2)18-14)20(15-9-5-3-6-10-15)16-11-7-4-8-12-16/h3-13H,1-2H3. The summed E-state index contributed by atoms with van der Waals surface area (Å²) in [6.07, 6.45) is 0. The number of aromatic nitrogens is 2. The van der Waals surface area contributed by atoms with Gasteiger partial charge in [0.05, 0.1) is 11.1 Å². The van der Waals surface area contributed by atoms with E-state index < -0.39 is 7.92 Å². The Balaban J connectivity index is 2.16. The molecule has 0 N–H and O–H groups in total. The summed E-state index contributed by atoms with van der Waals surface area (Å²) in [5.74, 6) is 0. The molecule has 0 bridgehead atoms. The summed E-state index contributed by atoms with van der Waals surface area (Å²) in [6, 6.07) is 23.6. The fourth-order valence-electron chi connectivity index (χ4n) is 2.37. The van der Waals surface area contributed by atoms with Gasteiger partial charge in [0.1, 0.15) is 0 Å². The third-order valence-electron chi connectivity index (χ3n) is 3.24. The molecule has 0 spiro atoms. The van der Waals surface area contributed by atoms with Crippen molar-refractivity contribution in [3.05, 3.63) is 72.4 Å². The number of benzene rings is 2. The van der Waals surface area contributed by atoms with Crippen molar-refractivity contribution in [3.63, 3.8) is 0 Å². The van der Waals surface area contributed by atoms with E-state index >= 15 is 0 Å². The molecule has 0 unspecified atom stereocenters. The van der Waals surface area contributed by atoms with Crippen molar-refractivity contribution < 1.29 is 0 Å². The lowest BCUT2D eigenvalue weighted by Gasteiger charge is -2.18. The third kappa shape index (κ3) is 2.52. The van der Waals surface area contributed by atoms with Crippen LogP contribution in [0.3, 0.4) is 0 Å². The van der Waals surface area contributed by atoms with Gasteiger partial charge in [0.15, 0.2) is 0 Å². The lowest BCUT2D eigenvalue weighted by molar-refractivity contribution is 0.777. The van der Waals surface area contributed by atoms with Crippen molar-refractivity contribution in [2.75, 3.05) is 0 Å². The second kappa shape index (κ2) is 5.60. The molecule has 0 amide bonds. The van der Waals surface area contributed by atoms with Crippen molar-refractivity contribution in [2.45, 2.75) is 6.92 Å². The molecule has 0 radical (unpaired) electrons. The number of hydrogen-bond acceptors (Lipinski definition) is 1. The highest BCUT2D eigenvalue weighted by molar-refractivity contribution is 7.79. The molecule has 20 heavy (non-hydrogen) atoms. The van der Waals surface area contributed by atoms with Gasteiger partial charge < -0.3 is 0 Å². The van der Waals surface area contributed by atoms with Gasteiger partial charge in [0, 0.05) is 15.0 Å². The van der Waals surface area contributed by atoms with Crippen molar-refractivity contribution in [1.82, 2.24) is 9.78 Å². The summed E-state index contributed by atoms with van der Waals surface area (Å²) in [6.45, 7) is 2.05. The second-order valence-electron chi connectivity index (χ2n) is 4.77. The van der Waals surface area contributed by atoms with Crippen molar-refractivity contribution in [2.24, 2.45) is 7.05 Å². The zero-order chi connectivity index (χ0) is 13.9. The van der Waals surface area contributed by atoms with Gasteiger partial charge in [-0.15, -0.1) is 0 Å². The van der Waals surface area contributed by atoms with Crippen LogP contribution in [0.1, 0.15) is 5.69 Å². The van der Waals surface area contributed by atoms with Crippen LogP contribution in [0.15, 0.2) is 66.7 Å². The molecule has 0 aliphatic carbocycles. The van der Waals surface area contributed by atoms with E-state index in [9.17, 15) is 0 Å². The van der Waals surface area contributed by atoms with E-state index in [-0.39, 0.29) is 0 Å². The molecule has 0 atom stereocenters. The van der Waals surface area contributed by atoms with Gasteiger partial charge in [-0.1, -0.05) is 60.7 Å². The maximum Gasteiger partial charge on any atom is 0.0700 e. The van der Waals surface area contributed by atoms with Crippen LogP contribution in [0.5, 0.6) is 0 Å². The Morgan fingerprint density at radius 1 is 0.850 bits per heavy atom. The summed E-state index contributed by atoms with van der Waals surface area (Å²) in [7, 11) is 1.49. The van der Waals surface area contributed by atoms with Gasteiger partial charge in [-0.25, -0.2) is 0 Å². The average Bonchev–Trinajstić information content (AvgIpc) is 2.80. The molecule has 0 aliphatic rings. The van der Waals surface area contributed by atoms with E-state index in [1.54, 1.807) is 0 Å². The van der Waals surface area contributed by atoms with Crippen LogP contribution in [0.4, 0.5) is 0 Å². The SMILES string of the molecule is Cc1cc(P(c2ccccc2)c2ccccc2)n(C)n1. The highest BCUT2D eigenvalue weighted by atomic mass is 31.1. The smallest absolute Gasteiger partial charge is 0.0700 e. The molecule has 2 nitrogen and oxygen atoms in total. The zero-order valence-electron chi connectivity index (χ0n) is 11.7. The molecule has 0 aliphatic heterocycles. The topological polar surface area (TPSA) is 17.8 Å². The lowest BCUT2D eigenvalue weighted by atomic mass is 10.4. The largest absolute Gasteiger partial charge is 0.267 e. The zero-order valence-corrected chi connectivity index (χ0v) is 12.6. The predicted molar refractivity (Wildman–Crippen MR) is 86.7 cm³/mol. The van der Waals surface area contributed by atoms with Crippen molar-refractivity contribution in [1.29, 1.82) is 0 Å². The molecular formula is C17H17N2P. The minimum Gasteiger partial charge on any atom is -0.267 e. The van der Waals surface area contributed by atoms with Crippen LogP contribution in [-0.4, -0.2) is 9.78 Å². The van der Waals surface area contributed by atoms with Gasteiger partial charge in [-0.3, -0.25) is 4.68 Å². The van der Waals surface area contributed by atoms with Crippen LogP contribution in [0.25, 0.3) is 0 Å². The van der Waals surface area contributed by atoms with Gasteiger partial charge >= 0.3 is 0 Å². The van der Waals surface area contributed by atoms with Crippen LogP contribution in [0, 0.1) is 6.92 Å². The van der Waals surface area contributed by atoms with E-state index in [1.807, 2.05) is 18.7 Å². The van der Waals surface area contributed by atoms with E-state index in [4.69, 9.17) is 0 Å². The maximum absolute atomic E-state index is 4.52. The number of hydrogen-bond donors (Lipinski definition) is 0. The summed E-state index contributed by atoms with van der Waals surface area (Å²) in [5, 5.41) is 7.23. The Hall–Kier alpha value is -1.92. The van der Waals surface area contributed by atoms with E-state index in [0.29, 0.717) is 0 Å². The van der Waals surface area contributed by atoms with E-state index in [1.165, 1.54) is 16.0 Å². The van der Waals surface area contributed by atoms with E-state index in [0.717, 1.165) is 5.69 Å². The monoisotopic (exact) mass is 280 g/mol. The molecule has 1 aromatic heterocycles. The summed E-state index contributed by atoms with van der Waals surface area (Å²) < 4.78 is 2.01. The quantitative estimate of drug-likeness (QED) is 0.674. The minimum atomic E-state index is -0.546. The van der Waals surface area contributed by atoms with Crippen molar-refractivity contribution in [3.8, 4) is 0 Å². The molecule has 1 heterocycles. The highest BCUT2D eigenvalue weighted by Gasteiger charge is 2.19. The molecule has 100 valence electrons. The van der Waals surface area contributed by atoms with Gasteiger partial charge in [0.25, 0.3) is 0 Å². The molecule has 0 saturated carbocycles. The third-order valence-corrected chi connectivity index (χ3v) is 5.74. The van der Waals surface area contributed by atoms with Gasteiger partial charge in [-0.05, 0) is 23.6 Å². The number of rotatable bonds is 3. The second-order valence-corrected chi connectivity index (χ2v) is 6.94. The van der Waals surface area contributed by atoms with Crippen LogP contribution < -0.4 is 16.0 Å². The number of aryl methyl sites for hydroxylation is 2. The first-order valence-corrected chi connectivity index (χ1v) is 8.01. The number of nitrogens with zero attached hydrogens (tertiary/aromatic N) is 2. The van der Waals surface area contributed by atoms with Crippen molar-refractivity contribution >= 4 is 24.0 Å². The Morgan fingerprint density at radius 2 is 1.35 bits per heavy atom. The Bertz CT molecular complexity index is 650. The molecule has 2 aromatic carbocycles. The Labute approximate surface area is 120 Å². The molecule has 0 fully saturated rings. The van der Waals surface area contributed by atoms with Gasteiger partial charge in [0.2, 0.25) is 0 Å². The first kappa shape index (κ1) is 13.1. The fraction of sp³-hybridized carbons (Fsp3) is 0.118. The first-order valence-electron chi connectivity index (χ1n) is 6.66. The Kier molecular flexibility index (Phi) is 3.66. The Morgan fingerprint density at radius 3 is 1.75 bits per heavy atom. The van der Waals surface area contributed by atoms with Crippen LogP contribution in [-0.2, 0) is 7.05 Å². The molecule has 0 saturated heterocycles. The van der Waals surface area contributed by atoms with Gasteiger partial charge in [-0.2, -0.15) is 5.10 Å². The van der Waals surface area contributed by atoms with Crippen LogP contribution in [0.2, 0.25) is 0 Å². The fourth-order valence-corrected chi connectivity index (χ4v) is 4.79. The maximum atomic E-state index is 4.52. The molecule has 3 rings (SSSR count). The lowest BCUT2D eigenvalue weighted by Crippen LogP contribution is -2.25. The average molecular weight is 280 g/mol. The molecule has 3 aromatic rings. The first-order chi connectivity index (χ1) is 9.75. The summed E-state index contributed by atoms with van der Waals surface area (Å²) in [5.41, 5.74) is 2.36. The highest BCUT2D eigenvalue weighted by Crippen LogP contribution is 2.32. The minimum absolute atomic E-state index is 0.546. The summed E-state index contributed by atoms with van der Waals surface area (Å²) >= 11 is 0. The predicted octanol–water partition coefficient (Wildman–Crippen LogP) is 2.49. The molecule has 3 heteroatoms.